The van der Waals surface area contributed by atoms with Gasteiger partial charge in [0.15, 0.2) is 11.7 Å². The van der Waals surface area contributed by atoms with Crippen LogP contribution in [0.1, 0.15) is 55.2 Å². The first kappa shape index (κ1) is 31.9. The van der Waals surface area contributed by atoms with Gasteiger partial charge >= 0.3 is 17.6 Å². The first-order valence-corrected chi connectivity index (χ1v) is 15.9. The summed E-state index contributed by atoms with van der Waals surface area (Å²) < 4.78 is 12.6. The molecule has 5 rings (SSSR count). The Morgan fingerprint density at radius 3 is 2.87 bits per heavy atom. The van der Waals surface area contributed by atoms with Crippen LogP contribution < -0.4 is 16.0 Å². The van der Waals surface area contributed by atoms with Crippen LogP contribution in [-0.4, -0.2) is 82.4 Å². The Kier molecular flexibility index (Phi) is 10.6. The van der Waals surface area contributed by atoms with Crippen LogP contribution in [0, 0.1) is 0 Å². The first-order chi connectivity index (χ1) is 21.8. The Bertz CT molecular complexity index is 1570. The quantitative estimate of drug-likeness (QED) is 0.239. The van der Waals surface area contributed by atoms with Crippen LogP contribution in [0.4, 0.5) is 0 Å². The molecule has 3 aliphatic rings. The van der Waals surface area contributed by atoms with E-state index in [-0.39, 0.29) is 36.9 Å². The fourth-order valence-electron chi connectivity index (χ4n) is 5.24. The van der Waals surface area contributed by atoms with Gasteiger partial charge in [-0.05, 0) is 43.9 Å². The van der Waals surface area contributed by atoms with Crippen molar-refractivity contribution >= 4 is 40.7 Å². The molecule has 2 aromatic heterocycles. The zero-order valence-electron chi connectivity index (χ0n) is 25.2. The number of fused-ring (bicyclic) bond motifs is 6. The zero-order chi connectivity index (χ0) is 31.8. The van der Waals surface area contributed by atoms with E-state index in [2.05, 4.69) is 32.5 Å². The topological polar surface area (TPSA) is 152 Å². The number of hydrogen-bond donors (Lipinski definition) is 3. The van der Waals surface area contributed by atoms with Crippen LogP contribution in [0.3, 0.4) is 0 Å². The molecule has 1 fully saturated rings. The summed E-state index contributed by atoms with van der Waals surface area (Å²) in [5.41, 5.74) is 3.30. The Labute approximate surface area is 265 Å². The minimum atomic E-state index is -1.02. The second-order valence-electron chi connectivity index (χ2n) is 11.0. The van der Waals surface area contributed by atoms with Crippen molar-refractivity contribution in [1.82, 2.24) is 25.9 Å². The van der Waals surface area contributed by atoms with Crippen molar-refractivity contribution in [2.75, 3.05) is 26.4 Å². The normalized spacial score (nSPS) is 19.9. The summed E-state index contributed by atoms with van der Waals surface area (Å²) in [7, 11) is 0. The number of nitrogens with one attached hydrogen (secondary N) is 3. The Morgan fingerprint density at radius 1 is 1.24 bits per heavy atom. The maximum Gasteiger partial charge on any atom is 0.319 e. The highest BCUT2D eigenvalue weighted by atomic mass is 32.1. The third-order valence-electron chi connectivity index (χ3n) is 7.66. The van der Waals surface area contributed by atoms with E-state index in [0.717, 1.165) is 16.8 Å². The third-order valence-corrected chi connectivity index (χ3v) is 8.55. The number of aromatic nitrogens is 2. The van der Waals surface area contributed by atoms with Crippen molar-refractivity contribution < 1.29 is 33.2 Å². The number of carbonyl (C=O) groups is 4. The second-order valence-corrected chi connectivity index (χ2v) is 11.9. The molecule has 3 N–H and O–H groups in total. The van der Waals surface area contributed by atoms with Crippen LogP contribution in [0.5, 0.6) is 0 Å². The highest BCUT2D eigenvalue weighted by Gasteiger charge is 2.43. The molecule has 0 aromatic carbocycles. The standard InChI is InChI=1S/C32H36N6O6S/c1-3-5-20(2)18-44-27(39)8-7-24-29(40)34-12-4-6-22-16-21(9-13-33-22)32-37-26(19-45-32)30(41)36-25-17-38(28(25)31(42)35-24)23-10-14-43-15-11-23/h3,5,9,13,16-17,19,23-24H,1,4,6-8,10-12,14-15,18H2,2H3,(H2-,34,35,36,40,41,42)/p+1. The lowest BCUT2D eigenvalue weighted by Gasteiger charge is -2.26. The van der Waals surface area contributed by atoms with Gasteiger partial charge in [0.1, 0.15) is 23.4 Å². The molecule has 13 heteroatoms. The molecule has 0 saturated carbocycles. The summed E-state index contributed by atoms with van der Waals surface area (Å²) in [6.45, 7) is 7.01. The molecule has 3 amide bonds. The van der Waals surface area contributed by atoms with Crippen molar-refractivity contribution in [2.45, 2.75) is 57.5 Å². The van der Waals surface area contributed by atoms with Crippen molar-refractivity contribution in [2.24, 2.45) is 0 Å². The molecule has 0 spiro atoms. The van der Waals surface area contributed by atoms with E-state index in [1.54, 1.807) is 29.9 Å². The number of ether oxygens (including phenoxy) is 2. The second kappa shape index (κ2) is 15.0. The van der Waals surface area contributed by atoms with Gasteiger partial charge < -0.3 is 25.4 Å². The lowest BCUT2D eigenvalue weighted by molar-refractivity contribution is -0.517. The monoisotopic (exact) mass is 633 g/mol. The number of rotatable bonds is 7. The number of allylic oxidation sites excluding steroid dienone is 2. The summed E-state index contributed by atoms with van der Waals surface area (Å²) in [6.07, 6.45) is 9.34. The fourth-order valence-corrected chi connectivity index (χ4v) is 6.04. The number of aryl methyl sites for hydroxylation is 1. The van der Waals surface area contributed by atoms with Crippen LogP contribution in [0.15, 0.2) is 59.9 Å². The van der Waals surface area contributed by atoms with Gasteiger partial charge in [0.2, 0.25) is 12.1 Å². The lowest BCUT2D eigenvalue weighted by atomic mass is 10.0. The van der Waals surface area contributed by atoms with E-state index in [1.165, 1.54) is 11.3 Å². The number of pyridine rings is 1. The van der Waals surface area contributed by atoms with E-state index in [9.17, 15) is 19.2 Å². The van der Waals surface area contributed by atoms with Gasteiger partial charge in [-0.25, -0.2) is 4.98 Å². The number of carbonyl (C=O) groups excluding carboxylic acids is 4. The van der Waals surface area contributed by atoms with Crippen molar-refractivity contribution in [3.05, 3.63) is 71.3 Å². The van der Waals surface area contributed by atoms with Crippen LogP contribution in [-0.2, 0) is 30.3 Å². The average molecular weight is 634 g/mol. The van der Waals surface area contributed by atoms with Gasteiger partial charge in [-0.1, -0.05) is 18.7 Å². The molecule has 4 bridgehead atoms. The lowest BCUT2D eigenvalue weighted by Crippen LogP contribution is -2.55. The Balaban J connectivity index is 1.39. The van der Waals surface area contributed by atoms with Gasteiger partial charge in [-0.3, -0.25) is 24.2 Å². The zero-order valence-corrected chi connectivity index (χ0v) is 26.0. The van der Waals surface area contributed by atoms with Crippen molar-refractivity contribution in [3.8, 4) is 10.6 Å². The summed E-state index contributed by atoms with van der Waals surface area (Å²) in [4.78, 5) is 61.9. The molecule has 1 unspecified atom stereocenters. The van der Waals surface area contributed by atoms with Crippen molar-refractivity contribution in [3.63, 3.8) is 0 Å². The minimum Gasteiger partial charge on any atom is -0.461 e. The molecule has 45 heavy (non-hydrogen) atoms. The highest BCUT2D eigenvalue weighted by Crippen LogP contribution is 2.25. The van der Waals surface area contributed by atoms with Crippen molar-refractivity contribution in [1.29, 1.82) is 0 Å². The molecule has 5 heterocycles. The molecule has 3 aliphatic heterocycles. The molecule has 1 atom stereocenters. The van der Waals surface area contributed by atoms with Crippen LogP contribution in [0.25, 0.3) is 10.6 Å². The summed E-state index contributed by atoms with van der Waals surface area (Å²) in [5, 5.41) is 10.9. The van der Waals surface area contributed by atoms with Gasteiger partial charge in [0.05, 0.1) is 13.2 Å². The molecule has 0 radical (unpaired) electrons. The largest absolute Gasteiger partial charge is 0.461 e. The third kappa shape index (κ3) is 8.17. The maximum atomic E-state index is 13.8. The molecule has 2 aromatic rings. The SMILES string of the molecule is C=CC=C(C)COC(=O)CCC1NC(=O)C2=[N+](C3CCOCC3)C=C2NC(=O)c2csc(n2)-c2ccnc(c2)CCCNC1=O. The summed E-state index contributed by atoms with van der Waals surface area (Å²) in [6, 6.07) is 2.75. The Hall–Kier alpha value is -4.49. The van der Waals surface area contributed by atoms with Gasteiger partial charge in [-0.15, -0.1) is 11.3 Å². The number of amides is 3. The molecule has 1 saturated heterocycles. The van der Waals surface area contributed by atoms with E-state index in [1.807, 2.05) is 23.6 Å². The van der Waals surface area contributed by atoms with Gasteiger partial charge in [0, 0.05) is 48.6 Å². The minimum absolute atomic E-state index is 0.00103. The number of hydrogen-bond acceptors (Lipinski definition) is 9. The Morgan fingerprint density at radius 2 is 2.07 bits per heavy atom. The number of esters is 1. The predicted octanol–water partition coefficient (Wildman–Crippen LogP) is 2.43. The van der Waals surface area contributed by atoms with Crippen LogP contribution in [0.2, 0.25) is 0 Å². The average Bonchev–Trinajstić information content (AvgIpc) is 3.53. The molecular formula is C32H37N6O6S+. The summed E-state index contributed by atoms with van der Waals surface area (Å²) in [5.74, 6) is -1.89. The predicted molar refractivity (Wildman–Crippen MR) is 167 cm³/mol. The van der Waals surface area contributed by atoms with E-state index in [4.69, 9.17) is 9.47 Å². The smallest absolute Gasteiger partial charge is 0.319 e. The molecule has 0 aliphatic carbocycles. The van der Waals surface area contributed by atoms with Gasteiger partial charge in [-0.2, -0.15) is 4.58 Å². The number of nitrogens with zero attached hydrogens (tertiary/aromatic N) is 3. The van der Waals surface area contributed by atoms with E-state index in [0.29, 0.717) is 56.1 Å². The molecular weight excluding hydrogens is 596 g/mol. The first-order valence-electron chi connectivity index (χ1n) is 15.0. The van der Waals surface area contributed by atoms with Gasteiger partial charge in [0.25, 0.3) is 5.91 Å². The molecule has 236 valence electrons. The van der Waals surface area contributed by atoms with E-state index < -0.39 is 29.7 Å². The van der Waals surface area contributed by atoms with E-state index >= 15 is 0 Å². The fraction of sp³-hybridized carbons (Fsp3) is 0.406. The van der Waals surface area contributed by atoms with Crippen LogP contribution >= 0.6 is 11.3 Å². The highest BCUT2D eigenvalue weighted by molar-refractivity contribution is 7.13. The maximum absolute atomic E-state index is 13.8. The summed E-state index contributed by atoms with van der Waals surface area (Å²) >= 11 is 1.35. The number of thiazole rings is 1. The molecule has 12 nitrogen and oxygen atoms in total.